The van der Waals surface area contributed by atoms with E-state index >= 15 is 0 Å². The second-order valence-corrected chi connectivity index (χ2v) is 11.9. The van der Waals surface area contributed by atoms with Gasteiger partial charge < -0.3 is 15.6 Å². The number of hydrogen-bond donors (Lipinski definition) is 3. The summed E-state index contributed by atoms with van der Waals surface area (Å²) in [6.45, 7) is 13.9. The molecule has 0 saturated carbocycles. The number of hydrogen-bond acceptors (Lipinski definition) is 5. The Morgan fingerprint density at radius 2 is 1.40 bits per heavy atom. The first-order chi connectivity index (χ1) is 18.8. The summed E-state index contributed by atoms with van der Waals surface area (Å²) in [6, 6.07) is 16.5. The topological polar surface area (TPSA) is 123 Å². The van der Waals surface area contributed by atoms with Crippen LogP contribution in [0.2, 0.25) is 0 Å². The van der Waals surface area contributed by atoms with Gasteiger partial charge in [0.05, 0.1) is 27.8 Å². The van der Waals surface area contributed by atoms with Crippen LogP contribution in [0.15, 0.2) is 60.8 Å². The molecular formula is C30H34N8O2. The molecule has 5 rings (SSSR count). The summed E-state index contributed by atoms with van der Waals surface area (Å²) in [6.07, 6.45) is 1.63. The number of imidazole rings is 1. The maximum Gasteiger partial charge on any atom is 0.273 e. The summed E-state index contributed by atoms with van der Waals surface area (Å²) in [5.41, 5.74) is 4.91. The number of nitrogens with zero attached hydrogens (tertiary/aromatic N) is 5. The van der Waals surface area contributed by atoms with Crippen molar-refractivity contribution in [1.29, 1.82) is 0 Å². The predicted octanol–water partition coefficient (Wildman–Crippen LogP) is 5.95. The number of carbonyl (C=O) groups excluding carboxylic acids is 2. The fourth-order valence-corrected chi connectivity index (χ4v) is 4.51. The molecule has 0 unspecified atom stereocenters. The first-order valence-corrected chi connectivity index (χ1v) is 13.1. The third kappa shape index (κ3) is 5.38. The molecule has 206 valence electrons. The molecule has 2 amide bonds. The fourth-order valence-electron chi connectivity index (χ4n) is 4.51. The number of rotatable bonds is 5. The molecular weight excluding hydrogens is 504 g/mol. The molecule has 10 heteroatoms. The van der Waals surface area contributed by atoms with Crippen LogP contribution in [0.1, 0.15) is 68.2 Å². The summed E-state index contributed by atoms with van der Waals surface area (Å²) in [7, 11) is 0. The summed E-state index contributed by atoms with van der Waals surface area (Å²) < 4.78 is 3.46. The Morgan fingerprint density at radius 1 is 0.775 bits per heavy atom. The molecule has 10 nitrogen and oxygen atoms in total. The van der Waals surface area contributed by atoms with Gasteiger partial charge in [0.2, 0.25) is 0 Å². The highest BCUT2D eigenvalue weighted by Crippen LogP contribution is 2.25. The van der Waals surface area contributed by atoms with Crippen LogP contribution in [0, 0.1) is 6.92 Å². The molecule has 5 aromatic rings. The van der Waals surface area contributed by atoms with E-state index < -0.39 is 0 Å². The number of nitrogens with one attached hydrogen (secondary N) is 3. The van der Waals surface area contributed by atoms with Gasteiger partial charge in [-0.05, 0) is 103 Å². The minimum absolute atomic E-state index is 0.216. The normalized spacial score (nSPS) is 12.1. The molecule has 0 aliphatic heterocycles. The molecule has 3 aromatic heterocycles. The maximum absolute atomic E-state index is 13.0. The summed E-state index contributed by atoms with van der Waals surface area (Å²) in [4.78, 5) is 34.0. The number of carbonyl (C=O) groups is 2. The van der Waals surface area contributed by atoms with Crippen LogP contribution in [-0.4, -0.2) is 41.3 Å². The van der Waals surface area contributed by atoms with Gasteiger partial charge in [-0.2, -0.15) is 10.2 Å². The second kappa shape index (κ2) is 9.78. The zero-order valence-corrected chi connectivity index (χ0v) is 23.8. The van der Waals surface area contributed by atoms with E-state index in [2.05, 4.69) is 25.8 Å². The lowest BCUT2D eigenvalue weighted by Gasteiger charge is -2.22. The monoisotopic (exact) mass is 538 g/mol. The van der Waals surface area contributed by atoms with E-state index in [4.69, 9.17) is 4.98 Å². The second-order valence-electron chi connectivity index (χ2n) is 11.9. The Hall–Kier alpha value is -4.73. The van der Waals surface area contributed by atoms with E-state index in [0.717, 1.165) is 22.3 Å². The number of anilines is 2. The Labute approximate surface area is 232 Å². The first-order valence-electron chi connectivity index (χ1n) is 13.1. The minimum atomic E-state index is -0.316. The summed E-state index contributed by atoms with van der Waals surface area (Å²) in [5, 5.41) is 14.7. The fraction of sp³-hybridized carbons (Fsp3) is 0.300. The molecule has 0 aliphatic rings. The Balaban J connectivity index is 1.31. The van der Waals surface area contributed by atoms with Crippen molar-refractivity contribution < 1.29 is 9.59 Å². The van der Waals surface area contributed by atoms with Crippen LogP contribution in [0.5, 0.6) is 0 Å². The molecule has 0 aliphatic carbocycles. The van der Waals surface area contributed by atoms with Crippen molar-refractivity contribution in [3.63, 3.8) is 0 Å². The lowest BCUT2D eigenvalue weighted by atomic mass is 10.1. The number of aryl methyl sites for hydroxylation is 1. The molecule has 3 heterocycles. The number of fused-ring (bicyclic) bond motifs is 1. The van der Waals surface area contributed by atoms with Crippen LogP contribution in [0.25, 0.3) is 22.4 Å². The molecule has 0 saturated heterocycles. The van der Waals surface area contributed by atoms with Gasteiger partial charge in [-0.15, -0.1) is 0 Å². The average molecular weight is 539 g/mol. The van der Waals surface area contributed by atoms with E-state index in [1.165, 1.54) is 0 Å². The Bertz CT molecular complexity index is 1710. The van der Waals surface area contributed by atoms with Crippen molar-refractivity contribution in [2.24, 2.45) is 0 Å². The molecule has 0 bridgehead atoms. The average Bonchev–Trinajstić information content (AvgIpc) is 3.61. The standard InChI is InChI=1S/C30H34N8O2/c1-18-16-25(38(36-18)30(5,6)7)28(40)32-20-10-8-19(9-11-20)26-34-22-13-12-21(17-23(22)35-26)33-27(39)24-14-15-31-37(24)29(2,3)4/h8-17H,1-7H3,(H,32,40)(H,33,39)(H,34,35). The Morgan fingerprint density at radius 3 is 2.08 bits per heavy atom. The summed E-state index contributed by atoms with van der Waals surface area (Å²) in [5.74, 6) is 0.237. The maximum atomic E-state index is 13.0. The van der Waals surface area contributed by atoms with E-state index in [9.17, 15) is 9.59 Å². The molecule has 0 fully saturated rings. The van der Waals surface area contributed by atoms with E-state index in [0.29, 0.717) is 28.6 Å². The third-order valence-corrected chi connectivity index (χ3v) is 6.37. The van der Waals surface area contributed by atoms with Crippen molar-refractivity contribution >= 4 is 34.2 Å². The summed E-state index contributed by atoms with van der Waals surface area (Å²) >= 11 is 0. The van der Waals surface area contributed by atoms with E-state index in [1.54, 1.807) is 27.7 Å². The predicted molar refractivity (Wildman–Crippen MR) is 157 cm³/mol. The van der Waals surface area contributed by atoms with Gasteiger partial charge in [-0.3, -0.25) is 19.0 Å². The SMILES string of the molecule is Cc1cc(C(=O)Nc2ccc(-c3nc4ccc(NC(=O)c5ccnn5C(C)(C)C)cc4[nH]3)cc2)n(C(C)(C)C)n1. The molecule has 3 N–H and O–H groups in total. The molecule has 40 heavy (non-hydrogen) atoms. The highest BCUT2D eigenvalue weighted by molar-refractivity contribution is 6.04. The first kappa shape index (κ1) is 26.9. The van der Waals surface area contributed by atoms with Gasteiger partial charge in [0.15, 0.2) is 0 Å². The number of aromatic amines is 1. The largest absolute Gasteiger partial charge is 0.338 e. The van der Waals surface area contributed by atoms with Crippen LogP contribution in [-0.2, 0) is 11.1 Å². The molecule has 0 atom stereocenters. The minimum Gasteiger partial charge on any atom is -0.338 e. The zero-order chi connectivity index (χ0) is 28.8. The number of aromatic nitrogens is 6. The molecule has 0 spiro atoms. The quantitative estimate of drug-likeness (QED) is 0.255. The van der Waals surface area contributed by atoms with Crippen molar-refractivity contribution in [3.8, 4) is 11.4 Å². The van der Waals surface area contributed by atoms with E-state index in [1.807, 2.05) is 90.9 Å². The van der Waals surface area contributed by atoms with Gasteiger partial charge in [0.1, 0.15) is 17.2 Å². The number of H-pyrrole nitrogens is 1. The third-order valence-electron chi connectivity index (χ3n) is 6.37. The van der Waals surface area contributed by atoms with Crippen molar-refractivity contribution in [1.82, 2.24) is 29.5 Å². The highest BCUT2D eigenvalue weighted by atomic mass is 16.2. The molecule has 0 radical (unpaired) electrons. The van der Waals surface area contributed by atoms with E-state index in [-0.39, 0.29) is 22.9 Å². The zero-order valence-electron chi connectivity index (χ0n) is 23.8. The van der Waals surface area contributed by atoms with Gasteiger partial charge in [0, 0.05) is 23.1 Å². The van der Waals surface area contributed by atoms with Crippen molar-refractivity contribution in [2.75, 3.05) is 10.6 Å². The van der Waals surface area contributed by atoms with Gasteiger partial charge in [-0.25, -0.2) is 4.98 Å². The van der Waals surface area contributed by atoms with Crippen LogP contribution >= 0.6 is 0 Å². The number of benzene rings is 2. The lowest BCUT2D eigenvalue weighted by molar-refractivity contribution is 0.0997. The van der Waals surface area contributed by atoms with Gasteiger partial charge in [0.25, 0.3) is 11.8 Å². The van der Waals surface area contributed by atoms with Crippen LogP contribution in [0.4, 0.5) is 11.4 Å². The van der Waals surface area contributed by atoms with Crippen LogP contribution < -0.4 is 10.6 Å². The van der Waals surface area contributed by atoms with Crippen molar-refractivity contribution in [3.05, 3.63) is 77.9 Å². The van der Waals surface area contributed by atoms with Gasteiger partial charge >= 0.3 is 0 Å². The molecule has 2 aromatic carbocycles. The lowest BCUT2D eigenvalue weighted by Crippen LogP contribution is -2.29. The van der Waals surface area contributed by atoms with Gasteiger partial charge in [-0.1, -0.05) is 0 Å². The van der Waals surface area contributed by atoms with Crippen LogP contribution in [0.3, 0.4) is 0 Å². The highest BCUT2D eigenvalue weighted by Gasteiger charge is 2.23. The Kier molecular flexibility index (Phi) is 6.57. The van der Waals surface area contributed by atoms with Crippen molar-refractivity contribution in [2.45, 2.75) is 59.5 Å². The number of amides is 2. The smallest absolute Gasteiger partial charge is 0.273 e.